The van der Waals surface area contributed by atoms with E-state index in [9.17, 15) is 0 Å². The van der Waals surface area contributed by atoms with Gasteiger partial charge in [-0.15, -0.1) is 11.3 Å². The number of hydrogen-bond acceptors (Lipinski definition) is 3. The highest BCUT2D eigenvalue weighted by Crippen LogP contribution is 2.22. The molecule has 0 bridgehead atoms. The van der Waals surface area contributed by atoms with E-state index in [-0.39, 0.29) is 0 Å². The Morgan fingerprint density at radius 3 is 2.82 bits per heavy atom. The van der Waals surface area contributed by atoms with E-state index in [1.165, 1.54) is 24.3 Å². The third-order valence-electron chi connectivity index (χ3n) is 4.47. The second-order valence-electron chi connectivity index (χ2n) is 5.90. The predicted molar refractivity (Wildman–Crippen MR) is 96.0 cm³/mol. The second-order valence-corrected chi connectivity index (χ2v) is 6.83. The van der Waals surface area contributed by atoms with Gasteiger partial charge in [0.15, 0.2) is 5.96 Å². The van der Waals surface area contributed by atoms with Crippen LogP contribution in [-0.2, 0) is 0 Å². The first-order valence-corrected chi connectivity index (χ1v) is 9.17. The Balaban J connectivity index is 1.44. The number of piperazine rings is 1. The first-order chi connectivity index (χ1) is 10.9. The highest BCUT2D eigenvalue weighted by Gasteiger charge is 2.20. The first kappa shape index (κ1) is 15.4. The van der Waals surface area contributed by atoms with Gasteiger partial charge in [0.1, 0.15) is 0 Å². The maximum atomic E-state index is 4.46. The van der Waals surface area contributed by atoms with Crippen LogP contribution < -0.4 is 10.2 Å². The lowest BCUT2D eigenvalue weighted by Gasteiger charge is -2.37. The molecule has 1 aliphatic heterocycles. The van der Waals surface area contributed by atoms with E-state index in [1.807, 2.05) is 18.4 Å². The molecule has 0 unspecified atom stereocenters. The molecule has 5 heteroatoms. The molecule has 0 atom stereocenters. The molecule has 1 fully saturated rings. The van der Waals surface area contributed by atoms with Crippen LogP contribution in [0.2, 0.25) is 0 Å². The summed E-state index contributed by atoms with van der Waals surface area (Å²) in [7, 11) is 1.89. The van der Waals surface area contributed by atoms with Crippen LogP contribution in [-0.4, -0.2) is 50.6 Å². The minimum atomic E-state index is 1.00. The summed E-state index contributed by atoms with van der Waals surface area (Å²) in [6.07, 6.45) is 7.47. The molecule has 4 nitrogen and oxygen atoms in total. The molecule has 0 radical (unpaired) electrons. The average Bonchev–Trinajstić information content (AvgIpc) is 3.25. The van der Waals surface area contributed by atoms with Crippen molar-refractivity contribution in [2.75, 3.05) is 44.7 Å². The van der Waals surface area contributed by atoms with Crippen molar-refractivity contribution in [3.63, 3.8) is 0 Å². The zero-order valence-electron chi connectivity index (χ0n) is 13.4. The third-order valence-corrected chi connectivity index (χ3v) is 5.40. The van der Waals surface area contributed by atoms with E-state index >= 15 is 0 Å². The molecule has 2 heterocycles. The Morgan fingerprint density at radius 1 is 1.32 bits per heavy atom. The van der Waals surface area contributed by atoms with Gasteiger partial charge in [-0.2, -0.15) is 0 Å². The third kappa shape index (κ3) is 3.83. The molecule has 0 spiro atoms. The van der Waals surface area contributed by atoms with Crippen LogP contribution in [0.3, 0.4) is 0 Å². The lowest BCUT2D eigenvalue weighted by atomic mass is 10.2. The highest BCUT2D eigenvalue weighted by atomic mass is 32.1. The smallest absolute Gasteiger partial charge is 0.193 e. The maximum absolute atomic E-state index is 4.46. The molecule has 1 aromatic rings. The molecular formula is C17H26N4S. The lowest BCUT2D eigenvalue weighted by Crippen LogP contribution is -2.52. The summed E-state index contributed by atoms with van der Waals surface area (Å²) < 4.78 is 0. The van der Waals surface area contributed by atoms with Crippen LogP contribution >= 0.6 is 11.3 Å². The van der Waals surface area contributed by atoms with Crippen molar-refractivity contribution in [1.82, 2.24) is 10.2 Å². The number of anilines is 1. The molecule has 2 aliphatic rings. The fourth-order valence-electron chi connectivity index (χ4n) is 3.22. The molecule has 1 N–H and O–H groups in total. The van der Waals surface area contributed by atoms with E-state index in [2.05, 4.69) is 43.7 Å². The molecular weight excluding hydrogens is 292 g/mol. The van der Waals surface area contributed by atoms with Gasteiger partial charge in [-0.1, -0.05) is 11.6 Å². The Bertz CT molecular complexity index is 513. The van der Waals surface area contributed by atoms with Crippen molar-refractivity contribution < 1.29 is 0 Å². The van der Waals surface area contributed by atoms with Gasteiger partial charge in [0.05, 0.1) is 5.00 Å². The number of guanidine groups is 1. The quantitative estimate of drug-likeness (QED) is 0.526. The zero-order valence-corrected chi connectivity index (χ0v) is 14.2. The Morgan fingerprint density at radius 2 is 2.18 bits per heavy atom. The summed E-state index contributed by atoms with van der Waals surface area (Å²) in [6, 6.07) is 4.34. The number of allylic oxidation sites excluding steroid dienone is 1. The van der Waals surface area contributed by atoms with Crippen molar-refractivity contribution in [2.45, 2.75) is 25.7 Å². The maximum Gasteiger partial charge on any atom is 0.193 e. The van der Waals surface area contributed by atoms with E-state index in [1.54, 1.807) is 5.57 Å². The van der Waals surface area contributed by atoms with Gasteiger partial charge in [-0.05, 0) is 43.2 Å². The van der Waals surface area contributed by atoms with E-state index < -0.39 is 0 Å². The minimum absolute atomic E-state index is 1.00. The van der Waals surface area contributed by atoms with Gasteiger partial charge in [0, 0.05) is 39.8 Å². The molecule has 0 amide bonds. The van der Waals surface area contributed by atoms with Crippen LogP contribution in [0.1, 0.15) is 25.7 Å². The van der Waals surface area contributed by atoms with E-state index in [0.29, 0.717) is 0 Å². The van der Waals surface area contributed by atoms with Crippen molar-refractivity contribution in [2.24, 2.45) is 4.99 Å². The van der Waals surface area contributed by atoms with Gasteiger partial charge < -0.3 is 15.1 Å². The molecule has 1 saturated heterocycles. The fraction of sp³-hybridized carbons (Fsp3) is 0.588. The Kier molecular flexibility index (Phi) is 5.38. The van der Waals surface area contributed by atoms with Gasteiger partial charge in [-0.3, -0.25) is 4.99 Å². The van der Waals surface area contributed by atoms with Gasteiger partial charge in [0.2, 0.25) is 0 Å². The van der Waals surface area contributed by atoms with Crippen LogP contribution in [0, 0.1) is 0 Å². The van der Waals surface area contributed by atoms with E-state index in [0.717, 1.165) is 45.1 Å². The predicted octanol–water partition coefficient (Wildman–Crippen LogP) is 2.95. The molecule has 1 aromatic heterocycles. The topological polar surface area (TPSA) is 30.9 Å². The normalized spacial score (nSPS) is 19.5. The average molecular weight is 318 g/mol. The SMILES string of the molecule is CN=C(NCCC1=CCCC1)N1CCN(c2cccs2)CC1. The summed E-state index contributed by atoms with van der Waals surface area (Å²) in [5.74, 6) is 1.06. The van der Waals surface area contributed by atoms with Crippen molar-refractivity contribution >= 4 is 22.3 Å². The standard InChI is InChI=1S/C17H26N4S/c1-18-17(19-9-8-15-5-2-3-6-15)21-12-10-20(11-13-21)16-7-4-14-22-16/h4-5,7,14H,2-3,6,8-13H2,1H3,(H,18,19). The zero-order chi connectivity index (χ0) is 15.2. The molecule has 0 aromatic carbocycles. The summed E-state index contributed by atoms with van der Waals surface area (Å²) in [5.41, 5.74) is 1.62. The number of hydrogen-bond donors (Lipinski definition) is 1. The van der Waals surface area contributed by atoms with Crippen LogP contribution in [0.25, 0.3) is 0 Å². The number of aliphatic imine (C=N–C) groups is 1. The van der Waals surface area contributed by atoms with E-state index in [4.69, 9.17) is 0 Å². The van der Waals surface area contributed by atoms with Crippen molar-refractivity contribution in [3.05, 3.63) is 29.2 Å². The second kappa shape index (κ2) is 7.68. The van der Waals surface area contributed by atoms with Crippen LogP contribution in [0.4, 0.5) is 5.00 Å². The van der Waals surface area contributed by atoms with Crippen LogP contribution in [0.15, 0.2) is 34.2 Å². The highest BCUT2D eigenvalue weighted by molar-refractivity contribution is 7.14. The summed E-state index contributed by atoms with van der Waals surface area (Å²) >= 11 is 1.83. The molecule has 1 aliphatic carbocycles. The van der Waals surface area contributed by atoms with Crippen molar-refractivity contribution in [3.8, 4) is 0 Å². The molecule has 0 saturated carbocycles. The fourth-order valence-corrected chi connectivity index (χ4v) is 4.01. The molecule has 22 heavy (non-hydrogen) atoms. The number of nitrogens with zero attached hydrogens (tertiary/aromatic N) is 3. The lowest BCUT2D eigenvalue weighted by molar-refractivity contribution is 0.373. The number of thiophene rings is 1. The van der Waals surface area contributed by atoms with Gasteiger partial charge >= 0.3 is 0 Å². The molecule has 3 rings (SSSR count). The summed E-state index contributed by atoms with van der Waals surface area (Å²) in [4.78, 5) is 9.31. The monoisotopic (exact) mass is 318 g/mol. The minimum Gasteiger partial charge on any atom is -0.360 e. The number of nitrogens with one attached hydrogen (secondary N) is 1. The summed E-state index contributed by atoms with van der Waals surface area (Å²) in [6.45, 7) is 5.24. The first-order valence-electron chi connectivity index (χ1n) is 8.29. The number of rotatable bonds is 4. The summed E-state index contributed by atoms with van der Waals surface area (Å²) in [5, 5.41) is 7.07. The Hall–Kier alpha value is -1.49. The van der Waals surface area contributed by atoms with Gasteiger partial charge in [-0.25, -0.2) is 0 Å². The molecule has 120 valence electrons. The van der Waals surface area contributed by atoms with Gasteiger partial charge in [0.25, 0.3) is 0 Å². The Labute approximate surface area is 137 Å². The van der Waals surface area contributed by atoms with Crippen molar-refractivity contribution in [1.29, 1.82) is 0 Å². The van der Waals surface area contributed by atoms with Crippen LogP contribution in [0.5, 0.6) is 0 Å². The largest absolute Gasteiger partial charge is 0.360 e.